The van der Waals surface area contributed by atoms with Gasteiger partial charge < -0.3 is 9.84 Å². The van der Waals surface area contributed by atoms with Crippen molar-refractivity contribution in [2.75, 3.05) is 6.54 Å². The van der Waals surface area contributed by atoms with Crippen LogP contribution < -0.4 is 5.32 Å². The highest BCUT2D eigenvalue weighted by atomic mass is 16.5. The average Bonchev–Trinajstić information content (AvgIpc) is 2.79. The lowest BCUT2D eigenvalue weighted by Gasteiger charge is -2.01. The molecular formula is C11H13N3O. The van der Waals surface area contributed by atoms with Crippen LogP contribution in [0.2, 0.25) is 0 Å². The van der Waals surface area contributed by atoms with Crippen LogP contribution in [0.4, 0.5) is 0 Å². The third kappa shape index (κ3) is 3.18. The van der Waals surface area contributed by atoms with Gasteiger partial charge in [-0.25, -0.2) is 0 Å². The first-order valence-electron chi connectivity index (χ1n) is 4.94. The van der Waals surface area contributed by atoms with E-state index in [4.69, 9.17) is 4.52 Å². The third-order valence-electron chi connectivity index (χ3n) is 2.13. The van der Waals surface area contributed by atoms with Crippen LogP contribution in [0.3, 0.4) is 0 Å². The maximum absolute atomic E-state index is 4.96. The Labute approximate surface area is 88.3 Å². The lowest BCUT2D eigenvalue weighted by Crippen LogP contribution is -2.16. The van der Waals surface area contributed by atoms with E-state index in [1.165, 1.54) is 5.56 Å². The maximum atomic E-state index is 4.96. The van der Waals surface area contributed by atoms with E-state index in [0.29, 0.717) is 0 Å². The molecule has 0 aliphatic rings. The summed E-state index contributed by atoms with van der Waals surface area (Å²) in [5, 5.41) is 6.92. The van der Waals surface area contributed by atoms with Gasteiger partial charge in [-0.2, -0.15) is 0 Å². The van der Waals surface area contributed by atoms with E-state index < -0.39 is 0 Å². The first kappa shape index (κ1) is 9.86. The Balaban J connectivity index is 1.68. The standard InChI is InChI=1S/C11H13N3O/c1-5-12-6-2-10(1)3-7-13-9-11-4-8-14-15-11/h1-2,4-6,8,13H,3,7,9H2. The van der Waals surface area contributed by atoms with Gasteiger partial charge in [0.05, 0.1) is 12.7 Å². The van der Waals surface area contributed by atoms with Gasteiger partial charge in [0.1, 0.15) is 5.76 Å². The second-order valence-corrected chi connectivity index (χ2v) is 3.26. The molecule has 0 aliphatic carbocycles. The predicted octanol–water partition coefficient (Wildman–Crippen LogP) is 1.40. The minimum Gasteiger partial charge on any atom is -0.360 e. The molecule has 2 rings (SSSR count). The molecule has 4 heteroatoms. The normalized spacial score (nSPS) is 10.4. The minimum absolute atomic E-state index is 0.727. The van der Waals surface area contributed by atoms with Crippen molar-refractivity contribution in [3.05, 3.63) is 48.1 Å². The molecule has 0 bridgehead atoms. The molecule has 0 saturated carbocycles. The monoisotopic (exact) mass is 203 g/mol. The predicted molar refractivity (Wildman–Crippen MR) is 56.2 cm³/mol. The molecule has 0 unspecified atom stereocenters. The number of hydrogen-bond acceptors (Lipinski definition) is 4. The molecule has 0 saturated heterocycles. The Hall–Kier alpha value is -1.68. The van der Waals surface area contributed by atoms with Crippen LogP contribution in [0, 0.1) is 0 Å². The largest absolute Gasteiger partial charge is 0.360 e. The van der Waals surface area contributed by atoms with Crippen molar-refractivity contribution < 1.29 is 4.52 Å². The molecular weight excluding hydrogens is 190 g/mol. The number of hydrogen-bond donors (Lipinski definition) is 1. The molecule has 0 amide bonds. The molecule has 0 aliphatic heterocycles. The maximum Gasteiger partial charge on any atom is 0.150 e. The number of nitrogens with one attached hydrogen (secondary N) is 1. The molecule has 2 aromatic heterocycles. The quantitative estimate of drug-likeness (QED) is 0.746. The molecule has 0 fully saturated rings. The molecule has 4 nitrogen and oxygen atoms in total. The van der Waals surface area contributed by atoms with E-state index in [9.17, 15) is 0 Å². The fourth-order valence-corrected chi connectivity index (χ4v) is 1.33. The van der Waals surface area contributed by atoms with E-state index in [0.717, 1.165) is 25.3 Å². The summed E-state index contributed by atoms with van der Waals surface area (Å²) in [4.78, 5) is 3.97. The zero-order valence-electron chi connectivity index (χ0n) is 8.39. The highest BCUT2D eigenvalue weighted by Gasteiger charge is 1.96. The SMILES string of the molecule is c1cc(CCNCc2ccno2)ccn1. The lowest BCUT2D eigenvalue weighted by molar-refractivity contribution is 0.373. The van der Waals surface area contributed by atoms with Gasteiger partial charge >= 0.3 is 0 Å². The first-order chi connectivity index (χ1) is 7.45. The Morgan fingerprint density at radius 2 is 2.00 bits per heavy atom. The van der Waals surface area contributed by atoms with Crippen molar-refractivity contribution in [1.82, 2.24) is 15.5 Å². The van der Waals surface area contributed by atoms with Crippen molar-refractivity contribution in [1.29, 1.82) is 0 Å². The fraction of sp³-hybridized carbons (Fsp3) is 0.273. The van der Waals surface area contributed by atoms with E-state index in [-0.39, 0.29) is 0 Å². The molecule has 0 radical (unpaired) electrons. The second-order valence-electron chi connectivity index (χ2n) is 3.26. The van der Waals surface area contributed by atoms with E-state index >= 15 is 0 Å². The molecule has 2 aromatic rings. The van der Waals surface area contributed by atoms with E-state index in [2.05, 4.69) is 15.5 Å². The van der Waals surface area contributed by atoms with Gasteiger partial charge in [-0.15, -0.1) is 0 Å². The average molecular weight is 203 g/mol. The topological polar surface area (TPSA) is 51.0 Å². The summed E-state index contributed by atoms with van der Waals surface area (Å²) in [6.07, 6.45) is 6.27. The Morgan fingerprint density at radius 1 is 1.13 bits per heavy atom. The summed E-state index contributed by atoms with van der Waals surface area (Å²) in [5.41, 5.74) is 1.29. The van der Waals surface area contributed by atoms with Gasteiger partial charge in [-0.1, -0.05) is 5.16 Å². The molecule has 0 aromatic carbocycles. The van der Waals surface area contributed by atoms with E-state index in [1.54, 1.807) is 6.20 Å². The lowest BCUT2D eigenvalue weighted by atomic mass is 10.2. The Kier molecular flexibility index (Phi) is 3.46. The van der Waals surface area contributed by atoms with Crippen molar-refractivity contribution >= 4 is 0 Å². The third-order valence-corrected chi connectivity index (χ3v) is 2.13. The van der Waals surface area contributed by atoms with Gasteiger partial charge in [0.25, 0.3) is 0 Å². The Bertz CT molecular complexity index is 372. The van der Waals surface area contributed by atoms with Crippen LogP contribution in [-0.2, 0) is 13.0 Å². The summed E-state index contributed by atoms with van der Waals surface area (Å²) in [5.74, 6) is 0.865. The number of rotatable bonds is 5. The summed E-state index contributed by atoms with van der Waals surface area (Å²) < 4.78 is 4.96. The Morgan fingerprint density at radius 3 is 2.73 bits per heavy atom. The van der Waals surface area contributed by atoms with Crippen LogP contribution in [0.5, 0.6) is 0 Å². The highest BCUT2D eigenvalue weighted by molar-refractivity contribution is 5.09. The number of aromatic nitrogens is 2. The summed E-state index contributed by atoms with van der Waals surface area (Å²) in [6.45, 7) is 1.65. The van der Waals surface area contributed by atoms with Gasteiger partial charge in [0.2, 0.25) is 0 Å². The molecule has 0 spiro atoms. The van der Waals surface area contributed by atoms with E-state index in [1.807, 2.05) is 30.6 Å². The van der Waals surface area contributed by atoms with Crippen LogP contribution in [0.15, 0.2) is 41.3 Å². The number of pyridine rings is 1. The molecule has 15 heavy (non-hydrogen) atoms. The van der Waals surface area contributed by atoms with Crippen molar-refractivity contribution in [2.45, 2.75) is 13.0 Å². The summed E-state index contributed by atoms with van der Waals surface area (Å²) in [7, 11) is 0. The van der Waals surface area contributed by atoms with Gasteiger partial charge in [0.15, 0.2) is 0 Å². The highest BCUT2D eigenvalue weighted by Crippen LogP contribution is 1.98. The molecule has 2 heterocycles. The van der Waals surface area contributed by atoms with Crippen LogP contribution in [0.25, 0.3) is 0 Å². The summed E-state index contributed by atoms with van der Waals surface area (Å²) in [6, 6.07) is 5.91. The van der Waals surface area contributed by atoms with Crippen molar-refractivity contribution in [2.24, 2.45) is 0 Å². The van der Waals surface area contributed by atoms with Gasteiger partial charge in [-0.3, -0.25) is 4.98 Å². The van der Waals surface area contributed by atoms with Crippen LogP contribution in [-0.4, -0.2) is 16.7 Å². The van der Waals surface area contributed by atoms with Crippen molar-refractivity contribution in [3.8, 4) is 0 Å². The van der Waals surface area contributed by atoms with Gasteiger partial charge in [0, 0.05) is 18.5 Å². The first-order valence-corrected chi connectivity index (χ1v) is 4.94. The summed E-state index contributed by atoms with van der Waals surface area (Å²) >= 11 is 0. The smallest absolute Gasteiger partial charge is 0.150 e. The van der Waals surface area contributed by atoms with Gasteiger partial charge in [-0.05, 0) is 30.7 Å². The number of nitrogens with zero attached hydrogens (tertiary/aromatic N) is 2. The fourth-order valence-electron chi connectivity index (χ4n) is 1.33. The van der Waals surface area contributed by atoms with Crippen LogP contribution in [0.1, 0.15) is 11.3 Å². The zero-order valence-corrected chi connectivity index (χ0v) is 8.39. The van der Waals surface area contributed by atoms with Crippen LogP contribution >= 0.6 is 0 Å². The molecule has 1 N–H and O–H groups in total. The minimum atomic E-state index is 0.727. The van der Waals surface area contributed by atoms with Crippen molar-refractivity contribution in [3.63, 3.8) is 0 Å². The second kappa shape index (κ2) is 5.26. The molecule has 78 valence electrons. The molecule has 0 atom stereocenters. The zero-order chi connectivity index (χ0) is 10.3.